The molecule has 0 aromatic heterocycles. The standard InChI is InChI=1S/C22H29NO/c1-3-12-23(13-4-2)14-11-22-10-6-5-7-19(22)21(23)15-17-8-9-18(24)16-20(17)22/h3-4,8-9,16,19,21H,1-2,5-7,10-15H2/t19-,21-,22?/m0/s1. The molecule has 24 heavy (non-hydrogen) atoms. The maximum atomic E-state index is 12.1. The second-order valence-corrected chi connectivity index (χ2v) is 8.23. The van der Waals surface area contributed by atoms with E-state index in [0.29, 0.717) is 12.0 Å². The molecular weight excluding hydrogens is 294 g/mol. The van der Waals surface area contributed by atoms with Crippen molar-refractivity contribution in [1.82, 2.24) is 0 Å². The summed E-state index contributed by atoms with van der Waals surface area (Å²) in [6.45, 7) is 11.4. The van der Waals surface area contributed by atoms with Gasteiger partial charge in [0.25, 0.3) is 0 Å². The van der Waals surface area contributed by atoms with Crippen LogP contribution in [-0.2, 0) is 11.8 Å². The lowest BCUT2D eigenvalue weighted by molar-refractivity contribution is -0.952. The highest BCUT2D eigenvalue weighted by Crippen LogP contribution is 2.57. The molecule has 3 atom stereocenters. The highest BCUT2D eigenvalue weighted by Gasteiger charge is 2.59. The Hall–Kier alpha value is -1.54. The first kappa shape index (κ1) is 16.0. The van der Waals surface area contributed by atoms with Gasteiger partial charge in [0.15, 0.2) is 0 Å². The maximum Gasteiger partial charge on any atom is 0.0975 e. The van der Waals surface area contributed by atoms with E-state index in [0.717, 1.165) is 24.0 Å². The number of piperidine rings is 1. The van der Waals surface area contributed by atoms with Crippen molar-refractivity contribution in [1.29, 1.82) is 0 Å². The molecule has 1 saturated carbocycles. The van der Waals surface area contributed by atoms with Gasteiger partial charge in [-0.2, -0.15) is 0 Å². The summed E-state index contributed by atoms with van der Waals surface area (Å²) in [6, 6.07) is 6.52. The van der Waals surface area contributed by atoms with Gasteiger partial charge >= 0.3 is 0 Å². The molecule has 2 heteroatoms. The second kappa shape index (κ2) is 5.77. The van der Waals surface area contributed by atoms with Crippen molar-refractivity contribution < 1.29 is 9.59 Å². The Morgan fingerprint density at radius 1 is 1.17 bits per heavy atom. The van der Waals surface area contributed by atoms with E-state index < -0.39 is 0 Å². The van der Waals surface area contributed by atoms with Crippen LogP contribution in [0, 0.1) is 5.92 Å². The molecule has 2 bridgehead atoms. The van der Waals surface area contributed by atoms with Gasteiger partial charge in [0.2, 0.25) is 0 Å². The topological polar surface area (TPSA) is 23.1 Å². The number of nitrogens with zero attached hydrogens (tertiary/aromatic N) is 1. The molecule has 1 saturated heterocycles. The third-order valence-corrected chi connectivity index (χ3v) is 7.30. The number of likely N-dealkylation sites (tertiary alicyclic amines) is 1. The van der Waals surface area contributed by atoms with Crippen LogP contribution in [0.3, 0.4) is 0 Å². The first-order valence-corrected chi connectivity index (χ1v) is 9.53. The van der Waals surface area contributed by atoms with Gasteiger partial charge in [-0.15, -0.1) is 5.75 Å². The second-order valence-electron chi connectivity index (χ2n) is 8.23. The van der Waals surface area contributed by atoms with Crippen molar-refractivity contribution in [3.05, 3.63) is 54.6 Å². The van der Waals surface area contributed by atoms with Crippen molar-refractivity contribution >= 4 is 0 Å². The van der Waals surface area contributed by atoms with Crippen molar-refractivity contribution in [2.45, 2.75) is 50.0 Å². The summed E-state index contributed by atoms with van der Waals surface area (Å²) < 4.78 is 1.12. The molecule has 1 aromatic rings. The summed E-state index contributed by atoms with van der Waals surface area (Å²) in [4.78, 5) is 0. The Morgan fingerprint density at radius 3 is 2.71 bits per heavy atom. The van der Waals surface area contributed by atoms with E-state index in [1.165, 1.54) is 49.8 Å². The first-order chi connectivity index (χ1) is 11.6. The number of hydrogen-bond donors (Lipinski definition) is 0. The molecule has 0 N–H and O–H groups in total. The Bertz CT molecular complexity index is 654. The Morgan fingerprint density at radius 2 is 1.96 bits per heavy atom. The smallest absolute Gasteiger partial charge is 0.0975 e. The van der Waals surface area contributed by atoms with Crippen LogP contribution in [-0.4, -0.2) is 30.2 Å². The lowest BCUT2D eigenvalue weighted by Crippen LogP contribution is -2.70. The molecule has 1 heterocycles. The van der Waals surface area contributed by atoms with Crippen LogP contribution in [0.5, 0.6) is 5.75 Å². The largest absolute Gasteiger partial charge is 0.872 e. The predicted octanol–water partition coefficient (Wildman–Crippen LogP) is 3.71. The van der Waals surface area contributed by atoms with E-state index in [-0.39, 0.29) is 11.2 Å². The lowest BCUT2D eigenvalue weighted by atomic mass is 9.51. The van der Waals surface area contributed by atoms with E-state index >= 15 is 0 Å². The highest BCUT2D eigenvalue weighted by molar-refractivity contribution is 5.44. The normalized spacial score (nSPS) is 33.2. The van der Waals surface area contributed by atoms with Gasteiger partial charge in [-0.25, -0.2) is 0 Å². The first-order valence-electron chi connectivity index (χ1n) is 9.53. The highest BCUT2D eigenvalue weighted by atomic mass is 16.3. The minimum atomic E-state index is 0.189. The number of fused-ring (bicyclic) bond motifs is 1. The predicted molar refractivity (Wildman–Crippen MR) is 96.9 cm³/mol. The summed E-state index contributed by atoms with van der Waals surface area (Å²) in [5, 5.41) is 12.1. The van der Waals surface area contributed by atoms with Crippen LogP contribution in [0.1, 0.15) is 43.2 Å². The van der Waals surface area contributed by atoms with Gasteiger partial charge in [-0.05, 0) is 36.1 Å². The van der Waals surface area contributed by atoms with Crippen molar-refractivity contribution in [2.24, 2.45) is 5.92 Å². The zero-order valence-electron chi connectivity index (χ0n) is 14.7. The number of rotatable bonds is 4. The van der Waals surface area contributed by atoms with Crippen LogP contribution < -0.4 is 5.11 Å². The van der Waals surface area contributed by atoms with Gasteiger partial charge < -0.3 is 9.59 Å². The average molecular weight is 323 g/mol. The lowest BCUT2D eigenvalue weighted by Gasteiger charge is -2.62. The van der Waals surface area contributed by atoms with Crippen molar-refractivity contribution in [3.63, 3.8) is 0 Å². The van der Waals surface area contributed by atoms with Crippen LogP contribution >= 0.6 is 0 Å². The van der Waals surface area contributed by atoms with Gasteiger partial charge in [0, 0.05) is 24.2 Å². The summed E-state index contributed by atoms with van der Waals surface area (Å²) in [5.74, 6) is 0.906. The fourth-order valence-corrected chi connectivity index (χ4v) is 6.38. The summed E-state index contributed by atoms with van der Waals surface area (Å²) in [7, 11) is 0. The quantitative estimate of drug-likeness (QED) is 0.612. The number of benzene rings is 1. The monoisotopic (exact) mass is 323 g/mol. The molecule has 0 radical (unpaired) electrons. The van der Waals surface area contributed by atoms with Crippen LogP contribution in [0.4, 0.5) is 0 Å². The Labute approximate surface area is 146 Å². The molecule has 2 aliphatic carbocycles. The van der Waals surface area contributed by atoms with Gasteiger partial charge in [0.05, 0.1) is 25.7 Å². The number of quaternary nitrogens is 1. The van der Waals surface area contributed by atoms with E-state index in [1.807, 2.05) is 6.07 Å². The molecule has 2 nitrogen and oxygen atoms in total. The molecule has 1 aromatic carbocycles. The van der Waals surface area contributed by atoms with Crippen LogP contribution in [0.25, 0.3) is 0 Å². The minimum Gasteiger partial charge on any atom is -0.872 e. The molecule has 3 aliphatic rings. The van der Waals surface area contributed by atoms with Gasteiger partial charge in [0.1, 0.15) is 0 Å². The molecule has 1 aliphatic heterocycles. The van der Waals surface area contributed by atoms with E-state index in [9.17, 15) is 5.11 Å². The van der Waals surface area contributed by atoms with Crippen LogP contribution in [0.2, 0.25) is 0 Å². The molecule has 1 unspecified atom stereocenters. The van der Waals surface area contributed by atoms with E-state index in [1.54, 1.807) is 6.07 Å². The van der Waals surface area contributed by atoms with E-state index in [2.05, 4.69) is 31.4 Å². The van der Waals surface area contributed by atoms with E-state index in [4.69, 9.17) is 0 Å². The Balaban J connectivity index is 1.86. The summed E-state index contributed by atoms with van der Waals surface area (Å²) in [6.07, 6.45) is 11.8. The molecule has 4 rings (SSSR count). The number of hydrogen-bond acceptors (Lipinski definition) is 1. The molecular formula is C22H29NO. The molecule has 2 fully saturated rings. The molecule has 128 valence electrons. The summed E-state index contributed by atoms with van der Waals surface area (Å²) in [5.41, 5.74) is 3.11. The van der Waals surface area contributed by atoms with Gasteiger partial charge in [-0.3, -0.25) is 0 Å². The third kappa shape index (κ3) is 2.12. The third-order valence-electron chi connectivity index (χ3n) is 7.30. The zero-order chi connectivity index (χ0) is 16.8. The zero-order valence-corrected chi connectivity index (χ0v) is 14.7. The molecule has 0 amide bonds. The fourth-order valence-electron chi connectivity index (χ4n) is 6.38. The van der Waals surface area contributed by atoms with Crippen LogP contribution in [0.15, 0.2) is 43.5 Å². The van der Waals surface area contributed by atoms with Crippen molar-refractivity contribution in [3.8, 4) is 5.75 Å². The summed E-state index contributed by atoms with van der Waals surface area (Å²) >= 11 is 0. The van der Waals surface area contributed by atoms with Gasteiger partial charge in [-0.1, -0.05) is 44.2 Å². The average Bonchev–Trinajstić information content (AvgIpc) is 2.59. The Kier molecular flexibility index (Phi) is 3.84. The fraction of sp³-hybridized carbons (Fsp3) is 0.545. The SMILES string of the molecule is C=CC[N+]1(CC=C)CCC23CCCC[C@H]2[C@@H]1Cc1ccc([O-])cc13. The molecule has 0 spiro atoms. The maximum absolute atomic E-state index is 12.1. The van der Waals surface area contributed by atoms with Crippen molar-refractivity contribution in [2.75, 3.05) is 19.6 Å². The minimum absolute atomic E-state index is 0.189.